The number of halogens is 4. The second-order valence-electron chi connectivity index (χ2n) is 3.02. The number of hydrogen-bond acceptors (Lipinski definition) is 1. The van der Waals surface area contributed by atoms with Gasteiger partial charge in [0.15, 0.2) is 0 Å². The van der Waals surface area contributed by atoms with Gasteiger partial charge in [-0.1, -0.05) is 22.0 Å². The lowest BCUT2D eigenvalue weighted by molar-refractivity contribution is -0.184. The first kappa shape index (κ1) is 14.5. The molecule has 0 N–H and O–H groups in total. The third-order valence-corrected chi connectivity index (χ3v) is 2.43. The van der Waals surface area contributed by atoms with E-state index in [2.05, 4.69) is 22.5 Å². The fourth-order valence-electron chi connectivity index (χ4n) is 1.02. The van der Waals surface area contributed by atoms with Crippen LogP contribution in [0.25, 0.3) is 0 Å². The van der Waals surface area contributed by atoms with Crippen molar-refractivity contribution in [2.45, 2.75) is 25.6 Å². The van der Waals surface area contributed by atoms with Gasteiger partial charge in [-0.2, -0.15) is 13.2 Å². The first-order valence-electron chi connectivity index (χ1n) is 4.37. The lowest BCUT2D eigenvalue weighted by Gasteiger charge is -2.29. The quantitative estimate of drug-likeness (QED) is 0.562. The molecule has 1 amide bonds. The molecule has 0 aromatic carbocycles. The van der Waals surface area contributed by atoms with Crippen molar-refractivity contribution >= 4 is 21.8 Å². The highest BCUT2D eigenvalue weighted by molar-refractivity contribution is 9.09. The normalized spacial score (nSPS) is 13.4. The topological polar surface area (TPSA) is 20.3 Å². The van der Waals surface area contributed by atoms with E-state index in [0.29, 0.717) is 6.42 Å². The summed E-state index contributed by atoms with van der Waals surface area (Å²) >= 11 is 2.86. The van der Waals surface area contributed by atoms with Crippen molar-refractivity contribution in [3.63, 3.8) is 0 Å². The Morgan fingerprint density at radius 2 is 2.13 bits per heavy atom. The number of carbonyl (C=O) groups is 1. The highest BCUT2D eigenvalue weighted by Gasteiger charge is 2.41. The predicted octanol–water partition coefficient (Wildman–Crippen LogP) is 2.74. The van der Waals surface area contributed by atoms with Gasteiger partial charge in [0.05, 0.1) is 5.33 Å². The van der Waals surface area contributed by atoms with Gasteiger partial charge < -0.3 is 4.90 Å². The molecule has 6 heteroatoms. The number of alkyl halides is 4. The molecule has 0 saturated carbocycles. The summed E-state index contributed by atoms with van der Waals surface area (Å²) in [4.78, 5) is 12.1. The minimum Gasteiger partial charge on any atom is -0.330 e. The van der Waals surface area contributed by atoms with Crippen LogP contribution in [0.15, 0.2) is 12.7 Å². The van der Waals surface area contributed by atoms with Gasteiger partial charge in [0.25, 0.3) is 0 Å². The molecular weight excluding hydrogens is 275 g/mol. The number of hydrogen-bond donors (Lipinski definition) is 0. The van der Waals surface area contributed by atoms with Crippen LogP contribution in [-0.4, -0.2) is 34.9 Å². The van der Waals surface area contributed by atoms with E-state index in [1.54, 1.807) is 0 Å². The lowest BCUT2D eigenvalue weighted by atomic mass is 10.2. The Labute approximate surface area is 95.3 Å². The van der Waals surface area contributed by atoms with Gasteiger partial charge in [-0.05, 0) is 13.3 Å². The van der Waals surface area contributed by atoms with Crippen LogP contribution in [0.5, 0.6) is 0 Å². The number of carbonyl (C=O) groups excluding carboxylic acids is 1. The molecule has 0 radical (unpaired) electrons. The molecular formula is C9H13BrF3NO. The minimum atomic E-state index is -4.39. The van der Waals surface area contributed by atoms with E-state index in [4.69, 9.17) is 0 Å². The zero-order chi connectivity index (χ0) is 12.1. The summed E-state index contributed by atoms with van der Waals surface area (Å²) in [5.41, 5.74) is 0. The number of amides is 1. The van der Waals surface area contributed by atoms with Crippen LogP contribution in [0.3, 0.4) is 0 Å². The van der Waals surface area contributed by atoms with E-state index >= 15 is 0 Å². The van der Waals surface area contributed by atoms with Gasteiger partial charge in [0.1, 0.15) is 6.04 Å². The van der Waals surface area contributed by atoms with Crippen molar-refractivity contribution in [2.75, 3.05) is 11.9 Å². The third kappa shape index (κ3) is 4.68. The second-order valence-corrected chi connectivity index (χ2v) is 3.58. The van der Waals surface area contributed by atoms with E-state index in [1.807, 2.05) is 0 Å². The molecule has 2 nitrogen and oxygen atoms in total. The molecule has 88 valence electrons. The average molecular weight is 288 g/mol. The Morgan fingerprint density at radius 1 is 1.60 bits per heavy atom. The standard InChI is InChI=1S/C9H13BrF3NO/c1-3-4-5-14(8(15)6-10)7(2)9(11,12)13/h3,7H,1,4-6H2,2H3/t7-/m0/s1. The van der Waals surface area contributed by atoms with Crippen LogP contribution >= 0.6 is 15.9 Å². The first-order valence-corrected chi connectivity index (χ1v) is 5.49. The molecule has 0 saturated heterocycles. The second kappa shape index (κ2) is 6.15. The number of rotatable bonds is 5. The molecule has 0 rings (SSSR count). The van der Waals surface area contributed by atoms with Crippen LogP contribution in [0.2, 0.25) is 0 Å². The minimum absolute atomic E-state index is 0.0363. The SMILES string of the molecule is C=CCCN(C(=O)CBr)[C@@H](C)C(F)(F)F. The maximum atomic E-state index is 12.4. The summed E-state index contributed by atoms with van der Waals surface area (Å²) < 4.78 is 37.2. The molecule has 15 heavy (non-hydrogen) atoms. The maximum Gasteiger partial charge on any atom is 0.408 e. The molecule has 0 aliphatic rings. The Balaban J connectivity index is 4.61. The lowest BCUT2D eigenvalue weighted by Crippen LogP contribution is -2.47. The summed E-state index contributed by atoms with van der Waals surface area (Å²) in [5, 5.41) is -0.107. The molecule has 0 aromatic rings. The summed E-state index contributed by atoms with van der Waals surface area (Å²) in [7, 11) is 0. The van der Waals surface area contributed by atoms with E-state index in [9.17, 15) is 18.0 Å². The van der Waals surface area contributed by atoms with Crippen LogP contribution in [-0.2, 0) is 4.79 Å². The molecule has 0 aliphatic heterocycles. The van der Waals surface area contributed by atoms with Gasteiger partial charge in [-0.3, -0.25) is 4.79 Å². The average Bonchev–Trinajstić information content (AvgIpc) is 2.16. The molecule has 0 heterocycles. The van der Waals surface area contributed by atoms with Gasteiger partial charge in [0, 0.05) is 6.54 Å². The van der Waals surface area contributed by atoms with Crippen molar-refractivity contribution in [1.82, 2.24) is 4.90 Å². The molecule has 1 atom stereocenters. The van der Waals surface area contributed by atoms with Crippen LogP contribution in [0, 0.1) is 0 Å². The smallest absolute Gasteiger partial charge is 0.330 e. The van der Waals surface area contributed by atoms with E-state index in [-0.39, 0.29) is 11.9 Å². The summed E-state index contributed by atoms with van der Waals surface area (Å²) in [6.07, 6.45) is -2.56. The Hall–Kier alpha value is -0.520. The molecule has 0 aliphatic carbocycles. The van der Waals surface area contributed by atoms with E-state index < -0.39 is 18.1 Å². The summed E-state index contributed by atoms with van der Waals surface area (Å²) in [6.45, 7) is 4.42. The van der Waals surface area contributed by atoms with Gasteiger partial charge >= 0.3 is 6.18 Å². The van der Waals surface area contributed by atoms with Crippen molar-refractivity contribution in [3.8, 4) is 0 Å². The van der Waals surface area contributed by atoms with E-state index in [1.165, 1.54) is 6.08 Å². The van der Waals surface area contributed by atoms with Gasteiger partial charge in [0.2, 0.25) is 5.91 Å². The summed E-state index contributed by atoms with van der Waals surface area (Å²) in [5.74, 6) is -0.568. The molecule has 0 bridgehead atoms. The largest absolute Gasteiger partial charge is 0.408 e. The van der Waals surface area contributed by atoms with Crippen LogP contribution in [0.1, 0.15) is 13.3 Å². The predicted molar refractivity (Wildman–Crippen MR) is 55.8 cm³/mol. The highest BCUT2D eigenvalue weighted by atomic mass is 79.9. The van der Waals surface area contributed by atoms with Crippen LogP contribution < -0.4 is 0 Å². The molecule has 0 spiro atoms. The maximum absolute atomic E-state index is 12.4. The zero-order valence-electron chi connectivity index (χ0n) is 8.35. The Morgan fingerprint density at radius 3 is 2.47 bits per heavy atom. The number of nitrogens with zero attached hydrogens (tertiary/aromatic N) is 1. The fraction of sp³-hybridized carbons (Fsp3) is 0.667. The molecule has 0 unspecified atom stereocenters. The third-order valence-electron chi connectivity index (χ3n) is 1.95. The van der Waals surface area contributed by atoms with Crippen LogP contribution in [0.4, 0.5) is 13.2 Å². The Kier molecular flexibility index (Phi) is 5.93. The summed E-state index contributed by atoms with van der Waals surface area (Å²) in [6, 6.07) is -1.76. The van der Waals surface area contributed by atoms with Gasteiger partial charge in [-0.25, -0.2) is 0 Å². The van der Waals surface area contributed by atoms with E-state index in [0.717, 1.165) is 11.8 Å². The monoisotopic (exact) mass is 287 g/mol. The zero-order valence-corrected chi connectivity index (χ0v) is 9.94. The van der Waals surface area contributed by atoms with Crippen molar-refractivity contribution in [1.29, 1.82) is 0 Å². The van der Waals surface area contributed by atoms with Gasteiger partial charge in [-0.15, -0.1) is 6.58 Å². The molecule has 0 fully saturated rings. The molecule has 0 aromatic heterocycles. The Bertz CT molecular complexity index is 230. The van der Waals surface area contributed by atoms with Crippen molar-refractivity contribution in [2.24, 2.45) is 0 Å². The first-order chi connectivity index (χ1) is 6.84. The van der Waals surface area contributed by atoms with Crippen molar-refractivity contribution in [3.05, 3.63) is 12.7 Å². The fourth-order valence-corrected chi connectivity index (χ4v) is 1.34. The van der Waals surface area contributed by atoms with Crippen molar-refractivity contribution < 1.29 is 18.0 Å². The highest BCUT2D eigenvalue weighted by Crippen LogP contribution is 2.24.